The maximum atomic E-state index is 11.3. The van der Waals surface area contributed by atoms with Crippen LogP contribution in [0.25, 0.3) is 11.2 Å². The fourth-order valence-electron chi connectivity index (χ4n) is 2.56. The van der Waals surface area contributed by atoms with Gasteiger partial charge in [-0.2, -0.15) is 0 Å². The van der Waals surface area contributed by atoms with E-state index in [2.05, 4.69) is 15.0 Å². The summed E-state index contributed by atoms with van der Waals surface area (Å²) in [5, 5.41) is 29.0. The van der Waals surface area contributed by atoms with Crippen LogP contribution in [0.3, 0.4) is 0 Å². The van der Waals surface area contributed by atoms with Crippen LogP contribution in [-0.2, 0) is 16.0 Å². The zero-order chi connectivity index (χ0) is 15.9. The number of hydrogen-bond donors (Lipinski definition) is 3. The van der Waals surface area contributed by atoms with Gasteiger partial charge in [0.05, 0.1) is 25.0 Å². The molecule has 1 aliphatic rings. The molecule has 4 atom stereocenters. The number of fused-ring (bicyclic) bond motifs is 1. The first-order chi connectivity index (χ1) is 10.5. The number of ether oxygens (including phenoxy) is 1. The Morgan fingerprint density at radius 2 is 2.09 bits per heavy atom. The molecular formula is C13H16N4O5. The Morgan fingerprint density at radius 3 is 2.73 bits per heavy atom. The summed E-state index contributed by atoms with van der Waals surface area (Å²) in [5.41, 5.74) is 1.32. The monoisotopic (exact) mass is 308 g/mol. The number of carbonyl (C=O) groups excluding carboxylic acids is 1. The molecule has 118 valence electrons. The lowest BCUT2D eigenvalue weighted by Crippen LogP contribution is -2.33. The van der Waals surface area contributed by atoms with Crippen molar-refractivity contribution in [2.45, 2.75) is 37.9 Å². The molecule has 3 rings (SSSR count). The third-order valence-electron chi connectivity index (χ3n) is 3.64. The van der Waals surface area contributed by atoms with E-state index in [-0.39, 0.29) is 12.2 Å². The lowest BCUT2D eigenvalue weighted by Gasteiger charge is -2.16. The molecule has 9 heteroatoms. The summed E-state index contributed by atoms with van der Waals surface area (Å²) in [5.74, 6) is -0.0533. The quantitative estimate of drug-likeness (QED) is 0.626. The molecule has 9 nitrogen and oxygen atoms in total. The van der Waals surface area contributed by atoms with E-state index < -0.39 is 31.1 Å². The van der Waals surface area contributed by atoms with Gasteiger partial charge >= 0.3 is 0 Å². The highest BCUT2D eigenvalue weighted by atomic mass is 16.6. The molecule has 2 aromatic heterocycles. The van der Waals surface area contributed by atoms with Gasteiger partial charge in [-0.1, -0.05) is 0 Å². The van der Waals surface area contributed by atoms with Crippen LogP contribution in [0.2, 0.25) is 0 Å². The third kappa shape index (κ3) is 2.37. The number of hydrogen-bond acceptors (Lipinski definition) is 8. The van der Waals surface area contributed by atoms with E-state index in [0.717, 1.165) is 0 Å². The van der Waals surface area contributed by atoms with Crippen molar-refractivity contribution >= 4 is 16.9 Å². The van der Waals surface area contributed by atoms with Crippen molar-refractivity contribution in [3.05, 3.63) is 18.3 Å². The Morgan fingerprint density at radius 1 is 1.32 bits per heavy atom. The molecule has 3 heterocycles. The Hall–Kier alpha value is -1.94. The molecule has 22 heavy (non-hydrogen) atoms. The van der Waals surface area contributed by atoms with Crippen molar-refractivity contribution in [2.75, 3.05) is 6.61 Å². The second-order valence-electron chi connectivity index (χ2n) is 5.25. The zero-order valence-electron chi connectivity index (χ0n) is 11.8. The molecule has 0 saturated carbocycles. The SMILES string of the molecule is CC(=O)Cc1ncnc2c1ncn2[C@@H]1O[C@H](CO)[C@@H](O)[C@H]1O. The van der Waals surface area contributed by atoms with Gasteiger partial charge in [-0.15, -0.1) is 0 Å². The third-order valence-corrected chi connectivity index (χ3v) is 3.64. The predicted molar refractivity (Wildman–Crippen MR) is 72.7 cm³/mol. The van der Waals surface area contributed by atoms with Gasteiger partial charge in [0.15, 0.2) is 11.9 Å². The van der Waals surface area contributed by atoms with Crippen molar-refractivity contribution < 1.29 is 24.9 Å². The van der Waals surface area contributed by atoms with Crippen LogP contribution >= 0.6 is 0 Å². The van der Waals surface area contributed by atoms with Crippen molar-refractivity contribution in [1.82, 2.24) is 19.5 Å². The van der Waals surface area contributed by atoms with Crippen molar-refractivity contribution in [3.63, 3.8) is 0 Å². The summed E-state index contributed by atoms with van der Waals surface area (Å²) < 4.78 is 6.92. The minimum Gasteiger partial charge on any atom is -0.394 e. The first-order valence-electron chi connectivity index (χ1n) is 6.81. The number of ketones is 1. The number of aromatic nitrogens is 4. The molecule has 0 aromatic carbocycles. The van der Waals surface area contributed by atoms with Crippen LogP contribution in [0.4, 0.5) is 0 Å². The summed E-state index contributed by atoms with van der Waals surface area (Å²) in [6.45, 7) is 1.04. The Labute approximate surface area is 125 Å². The highest BCUT2D eigenvalue weighted by molar-refractivity contribution is 5.83. The molecule has 0 amide bonds. The largest absolute Gasteiger partial charge is 0.394 e. The lowest BCUT2D eigenvalue weighted by atomic mass is 10.1. The molecule has 1 aliphatic heterocycles. The fraction of sp³-hybridized carbons (Fsp3) is 0.538. The number of rotatable bonds is 4. The molecule has 3 N–H and O–H groups in total. The minimum atomic E-state index is -1.22. The van der Waals surface area contributed by atoms with Crippen molar-refractivity contribution in [2.24, 2.45) is 0 Å². The fourth-order valence-corrected chi connectivity index (χ4v) is 2.56. The molecule has 1 fully saturated rings. The van der Waals surface area contributed by atoms with E-state index in [1.807, 2.05) is 0 Å². The van der Waals surface area contributed by atoms with Gasteiger partial charge in [0.1, 0.15) is 35.9 Å². The van der Waals surface area contributed by atoms with Gasteiger partial charge in [-0.05, 0) is 6.92 Å². The molecular weight excluding hydrogens is 292 g/mol. The van der Waals surface area contributed by atoms with E-state index in [9.17, 15) is 15.0 Å². The summed E-state index contributed by atoms with van der Waals surface area (Å²) in [7, 11) is 0. The van der Waals surface area contributed by atoms with Crippen LogP contribution in [0.15, 0.2) is 12.7 Å². The van der Waals surface area contributed by atoms with Gasteiger partial charge in [-0.25, -0.2) is 15.0 Å². The van der Waals surface area contributed by atoms with E-state index in [0.29, 0.717) is 16.9 Å². The van der Waals surface area contributed by atoms with Gasteiger partial charge in [0, 0.05) is 0 Å². The van der Waals surface area contributed by atoms with Gasteiger partial charge in [0.25, 0.3) is 0 Å². The van der Waals surface area contributed by atoms with E-state index in [1.54, 1.807) is 0 Å². The Kier molecular flexibility index (Phi) is 3.87. The van der Waals surface area contributed by atoms with Crippen LogP contribution in [0, 0.1) is 0 Å². The van der Waals surface area contributed by atoms with E-state index in [1.165, 1.54) is 24.1 Å². The average molecular weight is 308 g/mol. The summed E-state index contributed by atoms with van der Waals surface area (Å²) >= 11 is 0. The average Bonchev–Trinajstić information content (AvgIpc) is 3.02. The van der Waals surface area contributed by atoms with Crippen molar-refractivity contribution in [3.8, 4) is 0 Å². The number of imidazole rings is 1. The van der Waals surface area contributed by atoms with Gasteiger partial charge in [0.2, 0.25) is 0 Å². The van der Waals surface area contributed by atoms with Crippen LogP contribution < -0.4 is 0 Å². The molecule has 0 spiro atoms. The molecule has 1 saturated heterocycles. The standard InChI is InChI=1S/C13H16N4O5/c1-6(19)2-7-9-12(15-4-14-7)17(5-16-9)13-11(21)10(20)8(3-18)22-13/h4-5,8,10-11,13,18,20-21H,2-3H2,1H3/t8-,10-,11-,13-/m1/s1. The number of aliphatic hydroxyl groups excluding tert-OH is 3. The maximum absolute atomic E-state index is 11.3. The van der Waals surface area contributed by atoms with Gasteiger partial charge < -0.3 is 20.1 Å². The number of nitrogens with zero attached hydrogens (tertiary/aromatic N) is 4. The molecule has 2 aromatic rings. The predicted octanol–water partition coefficient (Wildman–Crippen LogP) is -1.43. The molecule has 0 bridgehead atoms. The van der Waals surface area contributed by atoms with Gasteiger partial charge in [-0.3, -0.25) is 9.36 Å². The van der Waals surface area contributed by atoms with E-state index >= 15 is 0 Å². The summed E-state index contributed by atoms with van der Waals surface area (Å²) in [4.78, 5) is 23.6. The maximum Gasteiger partial charge on any atom is 0.165 e. The highest BCUT2D eigenvalue weighted by Gasteiger charge is 2.43. The summed E-state index contributed by atoms with van der Waals surface area (Å²) in [6.07, 6.45) is -1.38. The van der Waals surface area contributed by atoms with E-state index in [4.69, 9.17) is 9.84 Å². The first kappa shape index (κ1) is 15.0. The Bertz CT molecular complexity index is 703. The first-order valence-corrected chi connectivity index (χ1v) is 6.81. The topological polar surface area (TPSA) is 131 Å². The molecule has 0 unspecified atom stereocenters. The molecule has 0 radical (unpaired) electrons. The number of aliphatic hydroxyl groups is 3. The zero-order valence-corrected chi connectivity index (χ0v) is 11.8. The summed E-state index contributed by atoms with van der Waals surface area (Å²) in [6, 6.07) is 0. The van der Waals surface area contributed by atoms with Crippen LogP contribution in [0.5, 0.6) is 0 Å². The highest BCUT2D eigenvalue weighted by Crippen LogP contribution is 2.31. The number of carbonyl (C=O) groups is 1. The smallest absolute Gasteiger partial charge is 0.165 e. The van der Waals surface area contributed by atoms with Crippen LogP contribution in [-0.4, -0.2) is 65.5 Å². The normalized spacial score (nSPS) is 28.4. The molecule has 0 aliphatic carbocycles. The minimum absolute atomic E-state index is 0.0533. The van der Waals surface area contributed by atoms with Crippen LogP contribution in [0.1, 0.15) is 18.8 Å². The second-order valence-corrected chi connectivity index (χ2v) is 5.25. The lowest BCUT2D eigenvalue weighted by molar-refractivity contribution is -0.116. The van der Waals surface area contributed by atoms with Crippen molar-refractivity contribution in [1.29, 1.82) is 0 Å². The number of Topliss-reactive ketones (excluding diaryl/α,β-unsaturated/α-hetero) is 1. The Balaban J connectivity index is 2.01. The second kappa shape index (κ2) is 5.69.